The van der Waals surface area contributed by atoms with Gasteiger partial charge in [0.05, 0.1) is 16.8 Å². The van der Waals surface area contributed by atoms with E-state index in [-0.39, 0.29) is 11.3 Å². The minimum atomic E-state index is -0.0284. The van der Waals surface area contributed by atoms with E-state index in [1.54, 1.807) is 0 Å². The molecule has 28 heavy (non-hydrogen) atoms. The van der Waals surface area contributed by atoms with Crippen LogP contribution in [0.2, 0.25) is 0 Å². The maximum atomic E-state index is 12.2. The summed E-state index contributed by atoms with van der Waals surface area (Å²) in [5.41, 5.74) is 4.62. The third-order valence-corrected chi connectivity index (χ3v) is 5.57. The van der Waals surface area contributed by atoms with Crippen LogP contribution in [-0.4, -0.2) is 17.5 Å². The maximum Gasteiger partial charge on any atom is 0.226 e. The number of aromatic nitrogens is 1. The third-order valence-electron chi connectivity index (χ3n) is 4.64. The summed E-state index contributed by atoms with van der Waals surface area (Å²) in [6, 6.07) is 12.4. The molecule has 148 valence electrons. The summed E-state index contributed by atoms with van der Waals surface area (Å²) in [5, 5.41) is 3.57. The van der Waals surface area contributed by atoms with Gasteiger partial charge in [0.1, 0.15) is 5.75 Å². The highest BCUT2D eigenvalue weighted by atomic mass is 32.1. The zero-order valence-corrected chi connectivity index (χ0v) is 18.1. The molecule has 0 spiro atoms. The fourth-order valence-corrected chi connectivity index (χ4v) is 3.92. The van der Waals surface area contributed by atoms with E-state index >= 15 is 0 Å². The summed E-state index contributed by atoms with van der Waals surface area (Å²) in [7, 11) is 0. The van der Waals surface area contributed by atoms with Crippen LogP contribution in [0, 0.1) is 13.8 Å². The van der Waals surface area contributed by atoms with Crippen molar-refractivity contribution >= 4 is 32.6 Å². The van der Waals surface area contributed by atoms with Crippen molar-refractivity contribution in [2.24, 2.45) is 0 Å². The van der Waals surface area contributed by atoms with Crippen LogP contribution in [0.3, 0.4) is 0 Å². The van der Waals surface area contributed by atoms with Crippen molar-refractivity contribution in [1.29, 1.82) is 0 Å². The van der Waals surface area contributed by atoms with E-state index in [0.717, 1.165) is 21.5 Å². The van der Waals surface area contributed by atoms with Gasteiger partial charge in [-0.15, -0.1) is 0 Å². The lowest BCUT2D eigenvalue weighted by atomic mass is 9.87. The van der Waals surface area contributed by atoms with E-state index in [1.165, 1.54) is 22.5 Å². The summed E-state index contributed by atoms with van der Waals surface area (Å²) < 4.78 is 6.89. The first kappa shape index (κ1) is 20.3. The molecule has 0 bridgehead atoms. The second-order valence-electron chi connectivity index (χ2n) is 8.22. The third kappa shape index (κ3) is 5.10. The molecule has 0 radical (unpaired) electrons. The summed E-state index contributed by atoms with van der Waals surface area (Å²) in [6.07, 6.45) is 1.08. The molecular formula is C23H28N2O2S. The van der Waals surface area contributed by atoms with Gasteiger partial charge in [-0.2, -0.15) is 0 Å². The molecule has 0 saturated heterocycles. The fourth-order valence-electron chi connectivity index (χ4n) is 3.00. The molecular weight excluding hydrogens is 368 g/mol. The Morgan fingerprint density at radius 3 is 2.64 bits per heavy atom. The predicted molar refractivity (Wildman–Crippen MR) is 118 cm³/mol. The number of nitrogens with zero attached hydrogens (tertiary/aromatic N) is 1. The van der Waals surface area contributed by atoms with E-state index in [2.05, 4.69) is 56.2 Å². The molecule has 0 aliphatic heterocycles. The topological polar surface area (TPSA) is 51.2 Å². The Morgan fingerprint density at radius 2 is 1.93 bits per heavy atom. The van der Waals surface area contributed by atoms with Crippen LogP contribution in [0.15, 0.2) is 36.4 Å². The molecule has 0 aliphatic carbocycles. The van der Waals surface area contributed by atoms with Gasteiger partial charge in [-0.05, 0) is 55.0 Å². The predicted octanol–water partition coefficient (Wildman–Crippen LogP) is 6.01. The number of thiazole rings is 1. The number of fused-ring (bicyclic) bond motifs is 1. The minimum absolute atomic E-state index is 0.0284. The highest BCUT2D eigenvalue weighted by Crippen LogP contribution is 2.31. The number of ether oxygens (including phenoxy) is 1. The number of nitrogens with one attached hydrogen (secondary N) is 1. The SMILES string of the molecule is Cc1ccc(OCCCC(=O)Nc2nc3ccc(C(C)(C)C)cc3s2)c(C)c1. The van der Waals surface area contributed by atoms with Gasteiger partial charge in [-0.3, -0.25) is 4.79 Å². The van der Waals surface area contributed by atoms with Crippen LogP contribution < -0.4 is 10.1 Å². The number of hydrogen-bond donors (Lipinski definition) is 1. The van der Waals surface area contributed by atoms with Crippen LogP contribution >= 0.6 is 11.3 Å². The molecule has 0 atom stereocenters. The largest absolute Gasteiger partial charge is 0.493 e. The Hall–Kier alpha value is -2.40. The lowest BCUT2D eigenvalue weighted by Gasteiger charge is -2.18. The van der Waals surface area contributed by atoms with Gasteiger partial charge in [0.2, 0.25) is 5.91 Å². The number of benzene rings is 2. The quantitative estimate of drug-likeness (QED) is 0.519. The first-order valence-corrected chi connectivity index (χ1v) is 10.4. The zero-order chi connectivity index (χ0) is 20.3. The molecule has 1 heterocycles. The van der Waals surface area contributed by atoms with Crippen molar-refractivity contribution in [3.63, 3.8) is 0 Å². The second kappa shape index (κ2) is 8.31. The smallest absolute Gasteiger partial charge is 0.226 e. The molecule has 1 N–H and O–H groups in total. The van der Waals surface area contributed by atoms with E-state index in [4.69, 9.17) is 4.74 Å². The number of hydrogen-bond acceptors (Lipinski definition) is 4. The van der Waals surface area contributed by atoms with Crippen LogP contribution in [0.4, 0.5) is 5.13 Å². The molecule has 1 aromatic heterocycles. The molecule has 0 aliphatic rings. The summed E-state index contributed by atoms with van der Waals surface area (Å²) >= 11 is 1.52. The lowest BCUT2D eigenvalue weighted by Crippen LogP contribution is -2.12. The van der Waals surface area contributed by atoms with Crippen molar-refractivity contribution in [3.8, 4) is 5.75 Å². The van der Waals surface area contributed by atoms with Crippen molar-refractivity contribution in [1.82, 2.24) is 4.98 Å². The molecule has 3 aromatic rings. The molecule has 0 fully saturated rings. The average Bonchev–Trinajstić information content (AvgIpc) is 3.00. The average molecular weight is 397 g/mol. The lowest BCUT2D eigenvalue weighted by molar-refractivity contribution is -0.116. The van der Waals surface area contributed by atoms with Gasteiger partial charge in [-0.1, -0.05) is 55.9 Å². The monoisotopic (exact) mass is 396 g/mol. The molecule has 2 aromatic carbocycles. The number of anilines is 1. The van der Waals surface area contributed by atoms with Gasteiger partial charge in [0, 0.05) is 6.42 Å². The maximum absolute atomic E-state index is 12.2. The summed E-state index contributed by atoms with van der Waals surface area (Å²) in [6.45, 7) is 11.2. The number of carbonyl (C=O) groups excluding carboxylic acids is 1. The number of carbonyl (C=O) groups is 1. The Labute approximate surface area is 171 Å². The van der Waals surface area contributed by atoms with Gasteiger partial charge in [0.25, 0.3) is 0 Å². The summed E-state index contributed by atoms with van der Waals surface area (Å²) in [5.74, 6) is 0.853. The Kier molecular flexibility index (Phi) is 6.04. The Balaban J connectivity index is 1.52. The van der Waals surface area contributed by atoms with E-state index in [9.17, 15) is 4.79 Å². The standard InChI is InChI=1S/C23H28N2O2S/c1-15-8-11-19(16(2)13-15)27-12-6-7-21(26)25-22-24-18-10-9-17(23(3,4)5)14-20(18)28-22/h8-11,13-14H,6-7,12H2,1-5H3,(H,24,25,26). The van der Waals surface area contributed by atoms with Crippen molar-refractivity contribution in [2.45, 2.75) is 52.9 Å². The van der Waals surface area contributed by atoms with Crippen molar-refractivity contribution < 1.29 is 9.53 Å². The van der Waals surface area contributed by atoms with E-state index < -0.39 is 0 Å². The zero-order valence-electron chi connectivity index (χ0n) is 17.3. The summed E-state index contributed by atoms with van der Waals surface area (Å²) in [4.78, 5) is 16.8. The van der Waals surface area contributed by atoms with Crippen molar-refractivity contribution in [3.05, 3.63) is 53.1 Å². The highest BCUT2D eigenvalue weighted by Gasteiger charge is 2.15. The molecule has 0 unspecified atom stereocenters. The first-order chi connectivity index (χ1) is 13.2. The van der Waals surface area contributed by atoms with Crippen LogP contribution in [0.1, 0.15) is 50.3 Å². The van der Waals surface area contributed by atoms with Crippen LogP contribution in [0.5, 0.6) is 5.75 Å². The van der Waals surface area contributed by atoms with Gasteiger partial charge < -0.3 is 10.1 Å². The van der Waals surface area contributed by atoms with E-state index in [1.807, 2.05) is 25.1 Å². The molecule has 0 saturated carbocycles. The highest BCUT2D eigenvalue weighted by molar-refractivity contribution is 7.22. The molecule has 1 amide bonds. The first-order valence-electron chi connectivity index (χ1n) is 9.63. The second-order valence-corrected chi connectivity index (χ2v) is 9.25. The molecule has 4 nitrogen and oxygen atoms in total. The van der Waals surface area contributed by atoms with Gasteiger partial charge in [-0.25, -0.2) is 4.98 Å². The van der Waals surface area contributed by atoms with E-state index in [0.29, 0.717) is 24.6 Å². The fraction of sp³-hybridized carbons (Fsp3) is 0.391. The van der Waals surface area contributed by atoms with Crippen molar-refractivity contribution in [2.75, 3.05) is 11.9 Å². The number of aryl methyl sites for hydroxylation is 2. The normalized spacial score (nSPS) is 11.6. The number of rotatable bonds is 6. The van der Waals surface area contributed by atoms with Crippen LogP contribution in [0.25, 0.3) is 10.2 Å². The molecule has 5 heteroatoms. The van der Waals surface area contributed by atoms with Gasteiger partial charge in [0.15, 0.2) is 5.13 Å². The Morgan fingerprint density at radius 1 is 1.14 bits per heavy atom. The molecule has 3 rings (SSSR count). The Bertz CT molecular complexity index is 986. The number of amides is 1. The van der Waals surface area contributed by atoms with Gasteiger partial charge >= 0.3 is 0 Å². The minimum Gasteiger partial charge on any atom is -0.493 e. The van der Waals surface area contributed by atoms with Crippen LogP contribution in [-0.2, 0) is 10.2 Å².